The van der Waals surface area contributed by atoms with Crippen LogP contribution in [0.1, 0.15) is 26.3 Å². The van der Waals surface area contributed by atoms with Gasteiger partial charge in [-0.2, -0.15) is 0 Å². The number of hydrogen-bond acceptors (Lipinski definition) is 6. The summed E-state index contributed by atoms with van der Waals surface area (Å²) >= 11 is 5.03. The van der Waals surface area contributed by atoms with Crippen molar-refractivity contribution in [1.29, 1.82) is 0 Å². The molecule has 0 unspecified atom stereocenters. The molecule has 0 spiro atoms. The summed E-state index contributed by atoms with van der Waals surface area (Å²) in [5.41, 5.74) is 1.32. The predicted molar refractivity (Wildman–Crippen MR) is 108 cm³/mol. The Hall–Kier alpha value is -2.19. The van der Waals surface area contributed by atoms with E-state index in [1.54, 1.807) is 17.5 Å². The molecule has 2 heterocycles. The van der Waals surface area contributed by atoms with Gasteiger partial charge >= 0.3 is 6.09 Å². The highest BCUT2D eigenvalue weighted by Crippen LogP contribution is 2.29. The Bertz CT molecular complexity index is 919. The normalized spacial score (nSPS) is 11.4. The van der Waals surface area contributed by atoms with Gasteiger partial charge in [-0.15, -0.1) is 0 Å². The SMILES string of the molecule is CC(C)(C)OC(=O)NCc1ccc(Nc2nc3ccc(Br)cc3s2)nc1. The number of carbonyl (C=O) groups excluding carboxylic acids is 1. The van der Waals surface area contributed by atoms with Crippen LogP contribution < -0.4 is 10.6 Å². The van der Waals surface area contributed by atoms with Crippen LogP contribution in [0.25, 0.3) is 10.2 Å². The molecule has 0 saturated carbocycles. The first kappa shape index (κ1) is 18.6. The average molecular weight is 435 g/mol. The Morgan fingerprint density at radius 2 is 2.08 bits per heavy atom. The number of anilines is 2. The number of pyridine rings is 1. The second-order valence-corrected chi connectivity index (χ2v) is 8.61. The molecule has 0 radical (unpaired) electrons. The lowest BCUT2D eigenvalue weighted by molar-refractivity contribution is 0.0523. The van der Waals surface area contributed by atoms with E-state index in [1.807, 2.05) is 51.1 Å². The molecule has 0 aliphatic heterocycles. The van der Waals surface area contributed by atoms with Crippen molar-refractivity contribution in [3.8, 4) is 0 Å². The number of nitrogens with one attached hydrogen (secondary N) is 2. The number of ether oxygens (including phenoxy) is 1. The maximum absolute atomic E-state index is 11.7. The van der Waals surface area contributed by atoms with Crippen molar-refractivity contribution in [3.05, 3.63) is 46.6 Å². The highest BCUT2D eigenvalue weighted by Gasteiger charge is 2.15. The number of carbonyl (C=O) groups is 1. The molecule has 1 amide bonds. The lowest BCUT2D eigenvalue weighted by atomic mass is 10.2. The molecule has 26 heavy (non-hydrogen) atoms. The fraction of sp³-hybridized carbons (Fsp3) is 0.278. The van der Waals surface area contributed by atoms with Crippen molar-refractivity contribution >= 4 is 54.5 Å². The summed E-state index contributed by atoms with van der Waals surface area (Å²) in [7, 11) is 0. The van der Waals surface area contributed by atoms with Crippen LogP contribution in [0.2, 0.25) is 0 Å². The number of thiazole rings is 1. The summed E-state index contributed by atoms with van der Waals surface area (Å²) in [5.74, 6) is 0.698. The van der Waals surface area contributed by atoms with Crippen molar-refractivity contribution in [3.63, 3.8) is 0 Å². The standard InChI is InChI=1S/C18H19BrN4O2S/c1-18(2,3)25-17(24)21-10-11-4-7-15(20-9-11)23-16-22-13-6-5-12(19)8-14(13)26-16/h4-9H,10H2,1-3H3,(H,21,24)(H,20,22,23). The van der Waals surface area contributed by atoms with E-state index in [4.69, 9.17) is 4.74 Å². The van der Waals surface area contributed by atoms with Gasteiger partial charge in [-0.3, -0.25) is 0 Å². The maximum atomic E-state index is 11.7. The van der Waals surface area contributed by atoms with Gasteiger partial charge in [0.25, 0.3) is 0 Å². The number of aromatic nitrogens is 2. The van der Waals surface area contributed by atoms with Gasteiger partial charge in [0.1, 0.15) is 11.4 Å². The van der Waals surface area contributed by atoms with E-state index in [2.05, 4.69) is 36.5 Å². The van der Waals surface area contributed by atoms with Crippen molar-refractivity contribution in [2.75, 3.05) is 5.32 Å². The third-order valence-corrected chi connectivity index (χ3v) is 4.67. The molecule has 0 fully saturated rings. The van der Waals surface area contributed by atoms with Gasteiger partial charge in [-0.05, 0) is 50.6 Å². The zero-order valence-corrected chi connectivity index (χ0v) is 17.1. The number of rotatable bonds is 4. The van der Waals surface area contributed by atoms with E-state index in [-0.39, 0.29) is 0 Å². The largest absolute Gasteiger partial charge is 0.444 e. The summed E-state index contributed by atoms with van der Waals surface area (Å²) in [5, 5.41) is 6.70. The first-order valence-electron chi connectivity index (χ1n) is 8.03. The van der Waals surface area contributed by atoms with Crippen molar-refractivity contribution in [1.82, 2.24) is 15.3 Å². The summed E-state index contributed by atoms with van der Waals surface area (Å²) in [6.07, 6.45) is 1.27. The fourth-order valence-electron chi connectivity index (χ4n) is 2.15. The highest BCUT2D eigenvalue weighted by atomic mass is 79.9. The molecule has 6 nitrogen and oxygen atoms in total. The summed E-state index contributed by atoms with van der Waals surface area (Å²) in [4.78, 5) is 20.6. The number of amides is 1. The van der Waals surface area contributed by atoms with Crippen LogP contribution in [0.3, 0.4) is 0 Å². The molecule has 0 aliphatic rings. The van der Waals surface area contributed by atoms with E-state index in [0.29, 0.717) is 12.4 Å². The minimum atomic E-state index is -0.511. The molecule has 136 valence electrons. The fourth-order valence-corrected chi connectivity index (χ4v) is 3.58. The second kappa shape index (κ2) is 7.59. The third kappa shape index (κ3) is 5.15. The molecule has 1 aromatic carbocycles. The quantitative estimate of drug-likeness (QED) is 0.588. The minimum Gasteiger partial charge on any atom is -0.444 e. The first-order valence-corrected chi connectivity index (χ1v) is 9.64. The number of fused-ring (bicyclic) bond motifs is 1. The van der Waals surface area contributed by atoms with Crippen LogP contribution in [0, 0.1) is 0 Å². The smallest absolute Gasteiger partial charge is 0.407 e. The topological polar surface area (TPSA) is 76.1 Å². The van der Waals surface area contributed by atoms with Crippen LogP contribution in [-0.4, -0.2) is 21.7 Å². The Morgan fingerprint density at radius 3 is 2.77 bits per heavy atom. The van der Waals surface area contributed by atoms with Crippen molar-refractivity contribution < 1.29 is 9.53 Å². The van der Waals surface area contributed by atoms with Gasteiger partial charge in [-0.1, -0.05) is 33.3 Å². The van der Waals surface area contributed by atoms with Crippen molar-refractivity contribution in [2.45, 2.75) is 32.9 Å². The molecule has 2 aromatic heterocycles. The number of benzene rings is 1. The lowest BCUT2D eigenvalue weighted by Crippen LogP contribution is -2.32. The average Bonchev–Trinajstić information content (AvgIpc) is 2.94. The molecule has 3 aromatic rings. The van der Waals surface area contributed by atoms with Crippen molar-refractivity contribution in [2.24, 2.45) is 0 Å². The number of nitrogens with zero attached hydrogens (tertiary/aromatic N) is 2. The van der Waals surface area contributed by atoms with Gasteiger partial charge in [0.2, 0.25) is 0 Å². The molecule has 3 rings (SSSR count). The summed E-state index contributed by atoms with van der Waals surface area (Å²) in [6, 6.07) is 9.73. The highest BCUT2D eigenvalue weighted by molar-refractivity contribution is 9.10. The maximum Gasteiger partial charge on any atom is 0.407 e. The Labute approximate surface area is 164 Å². The Balaban J connectivity index is 1.59. The first-order chi connectivity index (χ1) is 12.3. The van der Waals surface area contributed by atoms with E-state index < -0.39 is 11.7 Å². The monoisotopic (exact) mass is 434 g/mol. The summed E-state index contributed by atoms with van der Waals surface area (Å²) < 4.78 is 7.33. The van der Waals surface area contributed by atoms with Gasteiger partial charge in [0.15, 0.2) is 5.13 Å². The molecule has 0 bridgehead atoms. The van der Waals surface area contributed by atoms with E-state index >= 15 is 0 Å². The third-order valence-electron chi connectivity index (χ3n) is 3.25. The van der Waals surface area contributed by atoms with E-state index in [9.17, 15) is 4.79 Å². The Morgan fingerprint density at radius 1 is 1.27 bits per heavy atom. The molecule has 2 N–H and O–H groups in total. The van der Waals surface area contributed by atoms with Crippen LogP contribution in [-0.2, 0) is 11.3 Å². The van der Waals surface area contributed by atoms with Crippen LogP contribution in [0.4, 0.5) is 15.7 Å². The van der Waals surface area contributed by atoms with Gasteiger partial charge in [-0.25, -0.2) is 14.8 Å². The van der Waals surface area contributed by atoms with Gasteiger partial charge < -0.3 is 15.4 Å². The zero-order chi connectivity index (χ0) is 18.7. The predicted octanol–water partition coefficient (Wildman–Crippen LogP) is 5.22. The van der Waals surface area contributed by atoms with Crippen LogP contribution in [0.5, 0.6) is 0 Å². The van der Waals surface area contributed by atoms with E-state index in [0.717, 1.165) is 25.4 Å². The molecule has 0 aliphatic carbocycles. The van der Waals surface area contributed by atoms with Crippen LogP contribution >= 0.6 is 27.3 Å². The van der Waals surface area contributed by atoms with E-state index in [1.165, 1.54) is 0 Å². The number of halogens is 1. The second-order valence-electron chi connectivity index (χ2n) is 6.66. The van der Waals surface area contributed by atoms with Gasteiger partial charge in [0.05, 0.1) is 10.2 Å². The summed E-state index contributed by atoms with van der Waals surface area (Å²) in [6.45, 7) is 5.84. The molecular weight excluding hydrogens is 416 g/mol. The zero-order valence-electron chi connectivity index (χ0n) is 14.7. The molecule has 0 saturated heterocycles. The lowest BCUT2D eigenvalue weighted by Gasteiger charge is -2.19. The molecular formula is C18H19BrN4O2S. The number of alkyl carbamates (subject to hydrolysis) is 1. The minimum absolute atomic E-state index is 0.358. The number of hydrogen-bond donors (Lipinski definition) is 2. The Kier molecular flexibility index (Phi) is 5.43. The van der Waals surface area contributed by atoms with Gasteiger partial charge in [0, 0.05) is 17.2 Å². The molecule has 0 atom stereocenters. The van der Waals surface area contributed by atoms with Crippen LogP contribution in [0.15, 0.2) is 41.0 Å². The molecule has 8 heteroatoms.